The molecule has 5 heteroatoms. The van der Waals surface area contributed by atoms with Gasteiger partial charge in [0, 0.05) is 25.0 Å². The topological polar surface area (TPSA) is 76.6 Å². The number of hydrogen-bond acceptors (Lipinski definition) is 5. The molecule has 0 bridgehead atoms. The van der Waals surface area contributed by atoms with Gasteiger partial charge in [0.1, 0.15) is 6.07 Å². The fourth-order valence-corrected chi connectivity index (χ4v) is 1.40. The number of anilines is 1. The average molecular weight is 215 g/mol. The van der Waals surface area contributed by atoms with Crippen LogP contribution < -0.4 is 4.90 Å². The third-order valence-corrected chi connectivity index (χ3v) is 2.14. The molecule has 0 aromatic carbocycles. The van der Waals surface area contributed by atoms with Gasteiger partial charge in [-0.3, -0.25) is 0 Å². The van der Waals surface area contributed by atoms with E-state index in [4.69, 9.17) is 10.5 Å². The zero-order valence-corrected chi connectivity index (χ0v) is 9.38. The molecule has 0 spiro atoms. The molecule has 1 rings (SSSR count). The van der Waals surface area contributed by atoms with Gasteiger partial charge in [-0.2, -0.15) is 10.5 Å². The normalized spacial score (nSPS) is 9.56. The first-order chi connectivity index (χ1) is 7.70. The Bertz CT molecular complexity index is 427. The van der Waals surface area contributed by atoms with E-state index in [-0.39, 0.29) is 6.04 Å². The van der Waals surface area contributed by atoms with Gasteiger partial charge < -0.3 is 4.90 Å². The van der Waals surface area contributed by atoms with Crippen molar-refractivity contribution in [2.45, 2.75) is 26.3 Å². The minimum absolute atomic E-state index is 0.178. The van der Waals surface area contributed by atoms with Crippen LogP contribution in [0.5, 0.6) is 0 Å². The Labute approximate surface area is 95.0 Å². The summed E-state index contributed by atoms with van der Waals surface area (Å²) in [7, 11) is 0. The van der Waals surface area contributed by atoms with Gasteiger partial charge in [0.25, 0.3) is 0 Å². The minimum atomic E-state index is 0.178. The Morgan fingerprint density at radius 3 is 2.56 bits per heavy atom. The van der Waals surface area contributed by atoms with Crippen LogP contribution in [0.15, 0.2) is 12.4 Å². The van der Waals surface area contributed by atoms with Crippen molar-refractivity contribution in [3.8, 4) is 12.1 Å². The van der Waals surface area contributed by atoms with Crippen molar-refractivity contribution in [2.24, 2.45) is 0 Å². The monoisotopic (exact) mass is 215 g/mol. The van der Waals surface area contributed by atoms with E-state index in [1.165, 1.54) is 6.20 Å². The largest absolute Gasteiger partial charge is 0.351 e. The average Bonchev–Trinajstić information content (AvgIpc) is 2.29. The first-order valence-electron chi connectivity index (χ1n) is 5.05. The Balaban J connectivity index is 3.02. The van der Waals surface area contributed by atoms with Gasteiger partial charge in [0.15, 0.2) is 11.5 Å². The maximum absolute atomic E-state index is 8.93. The van der Waals surface area contributed by atoms with E-state index in [1.807, 2.05) is 24.8 Å². The minimum Gasteiger partial charge on any atom is -0.351 e. The molecule has 0 aliphatic rings. The van der Waals surface area contributed by atoms with Crippen LogP contribution >= 0.6 is 0 Å². The Hall–Kier alpha value is -2.14. The number of nitrogens with zero attached hydrogens (tertiary/aromatic N) is 5. The van der Waals surface area contributed by atoms with Gasteiger partial charge in [-0.1, -0.05) is 0 Å². The highest BCUT2D eigenvalue weighted by atomic mass is 15.2. The molecule has 16 heavy (non-hydrogen) atoms. The second-order valence-corrected chi connectivity index (χ2v) is 3.54. The Kier molecular flexibility index (Phi) is 4.23. The number of hydrogen-bond donors (Lipinski definition) is 0. The lowest BCUT2D eigenvalue weighted by Gasteiger charge is -2.26. The molecule has 0 N–H and O–H groups in total. The summed E-state index contributed by atoms with van der Waals surface area (Å²) in [5.74, 6) is 0.551. The summed E-state index contributed by atoms with van der Waals surface area (Å²) < 4.78 is 0. The summed E-state index contributed by atoms with van der Waals surface area (Å²) in [6.07, 6.45) is 3.45. The molecule has 0 aliphatic heterocycles. The van der Waals surface area contributed by atoms with Gasteiger partial charge in [-0.15, -0.1) is 0 Å². The Morgan fingerprint density at radius 1 is 1.31 bits per heavy atom. The molecule has 1 aromatic heterocycles. The van der Waals surface area contributed by atoms with Crippen LogP contribution in [0.4, 0.5) is 5.82 Å². The van der Waals surface area contributed by atoms with Crippen LogP contribution in [0.1, 0.15) is 26.0 Å². The molecule has 1 heterocycles. The van der Waals surface area contributed by atoms with E-state index in [1.54, 1.807) is 6.20 Å². The lowest BCUT2D eigenvalue weighted by molar-refractivity contribution is 0.673. The van der Waals surface area contributed by atoms with E-state index >= 15 is 0 Å². The van der Waals surface area contributed by atoms with Gasteiger partial charge >= 0.3 is 0 Å². The third-order valence-electron chi connectivity index (χ3n) is 2.14. The van der Waals surface area contributed by atoms with Crippen LogP contribution in [-0.4, -0.2) is 22.6 Å². The predicted octanol–water partition coefficient (Wildman–Crippen LogP) is 1.48. The van der Waals surface area contributed by atoms with Crippen LogP contribution in [-0.2, 0) is 0 Å². The molecule has 5 nitrogen and oxygen atoms in total. The Morgan fingerprint density at radius 2 is 2.00 bits per heavy atom. The molecule has 0 saturated carbocycles. The number of rotatable bonds is 4. The van der Waals surface area contributed by atoms with E-state index in [0.717, 1.165) is 0 Å². The van der Waals surface area contributed by atoms with Gasteiger partial charge in [0.2, 0.25) is 0 Å². The van der Waals surface area contributed by atoms with E-state index in [9.17, 15) is 0 Å². The molecule has 0 saturated heterocycles. The summed E-state index contributed by atoms with van der Waals surface area (Å²) >= 11 is 0. The van der Waals surface area contributed by atoms with Crippen LogP contribution in [0.25, 0.3) is 0 Å². The molecule has 82 valence electrons. The van der Waals surface area contributed by atoms with Crippen LogP contribution in [0.2, 0.25) is 0 Å². The lowest BCUT2D eigenvalue weighted by Crippen LogP contribution is -2.33. The first-order valence-corrected chi connectivity index (χ1v) is 5.05. The number of aromatic nitrogens is 2. The molecule has 0 radical (unpaired) electrons. The highest BCUT2D eigenvalue weighted by Gasteiger charge is 2.16. The predicted molar refractivity (Wildman–Crippen MR) is 59.5 cm³/mol. The molecular formula is C11H13N5. The van der Waals surface area contributed by atoms with Crippen molar-refractivity contribution in [2.75, 3.05) is 11.4 Å². The SMILES string of the molecule is CC(C)N(CCC#N)c1nccnc1C#N. The zero-order valence-electron chi connectivity index (χ0n) is 9.38. The summed E-state index contributed by atoms with van der Waals surface area (Å²) in [5, 5.41) is 17.5. The lowest BCUT2D eigenvalue weighted by atomic mass is 10.2. The van der Waals surface area contributed by atoms with Crippen molar-refractivity contribution in [3.63, 3.8) is 0 Å². The van der Waals surface area contributed by atoms with Crippen LogP contribution in [0, 0.1) is 22.7 Å². The maximum atomic E-state index is 8.93. The highest BCUT2D eigenvalue weighted by Crippen LogP contribution is 2.16. The van der Waals surface area contributed by atoms with E-state index in [2.05, 4.69) is 16.0 Å². The first kappa shape index (κ1) is 11.9. The maximum Gasteiger partial charge on any atom is 0.183 e. The highest BCUT2D eigenvalue weighted by molar-refractivity contribution is 5.50. The smallest absolute Gasteiger partial charge is 0.183 e. The van der Waals surface area contributed by atoms with Crippen molar-refractivity contribution >= 4 is 5.82 Å². The summed E-state index contributed by atoms with van der Waals surface area (Å²) in [6, 6.07) is 4.27. The third kappa shape index (κ3) is 2.68. The fraction of sp³-hybridized carbons (Fsp3) is 0.455. The van der Waals surface area contributed by atoms with Crippen molar-refractivity contribution in [1.29, 1.82) is 10.5 Å². The molecule has 0 aliphatic carbocycles. The van der Waals surface area contributed by atoms with Crippen molar-refractivity contribution in [3.05, 3.63) is 18.1 Å². The molecule has 0 atom stereocenters. The van der Waals surface area contributed by atoms with E-state index in [0.29, 0.717) is 24.5 Å². The molecule has 0 amide bonds. The molecule has 0 fully saturated rings. The van der Waals surface area contributed by atoms with Gasteiger partial charge in [0.05, 0.1) is 12.5 Å². The summed E-state index contributed by atoms with van der Waals surface area (Å²) in [6.45, 7) is 4.54. The molecule has 1 aromatic rings. The second kappa shape index (κ2) is 5.67. The van der Waals surface area contributed by atoms with E-state index < -0.39 is 0 Å². The summed E-state index contributed by atoms with van der Waals surface area (Å²) in [5.41, 5.74) is 0.300. The van der Waals surface area contributed by atoms with Crippen LogP contribution in [0.3, 0.4) is 0 Å². The zero-order chi connectivity index (χ0) is 12.0. The molecule has 0 unspecified atom stereocenters. The molecular weight excluding hydrogens is 202 g/mol. The van der Waals surface area contributed by atoms with Crippen molar-refractivity contribution < 1.29 is 0 Å². The summed E-state index contributed by atoms with van der Waals surface area (Å²) in [4.78, 5) is 10.0. The van der Waals surface area contributed by atoms with Gasteiger partial charge in [-0.05, 0) is 13.8 Å². The fourth-order valence-electron chi connectivity index (χ4n) is 1.40. The van der Waals surface area contributed by atoms with Gasteiger partial charge in [-0.25, -0.2) is 9.97 Å². The number of nitriles is 2. The second-order valence-electron chi connectivity index (χ2n) is 3.54. The van der Waals surface area contributed by atoms with Crippen molar-refractivity contribution in [1.82, 2.24) is 9.97 Å². The standard InChI is InChI=1S/C11H13N5/c1-9(2)16(7-3-4-12)11-10(8-13)14-5-6-15-11/h5-6,9H,3,7H2,1-2H3. The quantitative estimate of drug-likeness (QED) is 0.760.